The number of carbonyl (C=O) groups excluding carboxylic acids is 1. The number of aliphatic imine (C=N–C) groups is 1. The van der Waals surface area contributed by atoms with Crippen LogP contribution in [0.1, 0.15) is 6.42 Å². The molecular formula is C17H17Cl2N6O3-. The number of ether oxygens (including phenoxy) is 1. The second-order valence-corrected chi connectivity index (χ2v) is 6.58. The summed E-state index contributed by atoms with van der Waals surface area (Å²) in [5.74, 6) is 0.379. The highest BCUT2D eigenvalue weighted by Gasteiger charge is 2.16. The lowest BCUT2D eigenvalue weighted by Crippen LogP contribution is -2.50. The van der Waals surface area contributed by atoms with Gasteiger partial charge < -0.3 is 26.2 Å². The minimum absolute atomic E-state index is 0.0603. The van der Waals surface area contributed by atoms with E-state index < -0.39 is 6.03 Å². The predicted molar refractivity (Wildman–Crippen MR) is 110 cm³/mol. The van der Waals surface area contributed by atoms with Crippen LogP contribution in [0, 0.1) is 5.21 Å². The van der Waals surface area contributed by atoms with E-state index in [4.69, 9.17) is 33.7 Å². The Morgan fingerprint density at radius 1 is 1.21 bits per heavy atom. The van der Waals surface area contributed by atoms with Crippen molar-refractivity contribution in [2.24, 2.45) is 10.7 Å². The van der Waals surface area contributed by atoms with E-state index in [1.54, 1.807) is 24.3 Å². The SMILES string of the molecule is NCCCOc1ccc(Cl)cc1NC(=O)NC1=Nc2cc(Cl)ccc2N([O-])N1. The zero-order chi connectivity index (χ0) is 20.1. The van der Waals surface area contributed by atoms with Crippen molar-refractivity contribution < 1.29 is 9.53 Å². The molecule has 0 radical (unpaired) electrons. The highest BCUT2D eigenvalue weighted by Crippen LogP contribution is 2.32. The summed E-state index contributed by atoms with van der Waals surface area (Å²) in [6.45, 7) is 0.880. The summed E-state index contributed by atoms with van der Waals surface area (Å²) in [4.78, 5) is 16.5. The Morgan fingerprint density at radius 3 is 2.75 bits per heavy atom. The number of hydrazine groups is 1. The number of carbonyl (C=O) groups is 1. The fourth-order valence-electron chi connectivity index (χ4n) is 2.37. The number of urea groups is 1. The number of nitrogens with one attached hydrogen (secondary N) is 3. The van der Waals surface area contributed by atoms with E-state index in [0.29, 0.717) is 51.9 Å². The van der Waals surface area contributed by atoms with E-state index in [2.05, 4.69) is 21.1 Å². The molecule has 0 saturated heterocycles. The predicted octanol–water partition coefficient (Wildman–Crippen LogP) is 3.35. The van der Waals surface area contributed by atoms with Gasteiger partial charge >= 0.3 is 6.03 Å². The monoisotopic (exact) mass is 423 g/mol. The van der Waals surface area contributed by atoms with Gasteiger partial charge in [0.05, 0.1) is 23.7 Å². The van der Waals surface area contributed by atoms with Crippen molar-refractivity contribution in [2.45, 2.75) is 6.42 Å². The summed E-state index contributed by atoms with van der Waals surface area (Å²) in [5.41, 5.74) is 8.84. The minimum atomic E-state index is -0.643. The number of guanidine groups is 1. The molecule has 3 rings (SSSR count). The highest BCUT2D eigenvalue weighted by molar-refractivity contribution is 6.31. The molecule has 0 unspecified atom stereocenters. The molecule has 2 aromatic carbocycles. The maximum absolute atomic E-state index is 12.4. The van der Waals surface area contributed by atoms with Gasteiger partial charge in [0.2, 0.25) is 5.96 Å². The first-order valence-corrected chi connectivity index (χ1v) is 9.04. The highest BCUT2D eigenvalue weighted by atomic mass is 35.5. The Labute approximate surface area is 171 Å². The van der Waals surface area contributed by atoms with Crippen molar-refractivity contribution in [1.29, 1.82) is 0 Å². The van der Waals surface area contributed by atoms with Crippen LogP contribution in [0.15, 0.2) is 41.4 Å². The van der Waals surface area contributed by atoms with Crippen LogP contribution < -0.4 is 31.7 Å². The molecule has 0 aliphatic carbocycles. The summed E-state index contributed by atoms with van der Waals surface area (Å²) < 4.78 is 5.60. The molecule has 0 fully saturated rings. The Bertz CT molecular complexity index is 908. The van der Waals surface area contributed by atoms with Crippen LogP contribution in [-0.2, 0) is 0 Å². The average Bonchev–Trinajstić information content (AvgIpc) is 2.63. The molecule has 2 aromatic rings. The topological polar surface area (TPSA) is 127 Å². The number of rotatable bonds is 5. The van der Waals surface area contributed by atoms with Gasteiger partial charge in [0.1, 0.15) is 5.75 Å². The van der Waals surface area contributed by atoms with E-state index in [1.165, 1.54) is 12.1 Å². The molecule has 0 saturated carbocycles. The maximum atomic E-state index is 12.4. The Balaban J connectivity index is 1.71. The molecule has 5 N–H and O–H groups in total. The van der Waals surface area contributed by atoms with Crippen LogP contribution in [0.4, 0.5) is 21.9 Å². The number of anilines is 2. The van der Waals surface area contributed by atoms with Gasteiger partial charge in [-0.3, -0.25) is 10.7 Å². The Morgan fingerprint density at radius 2 is 1.96 bits per heavy atom. The van der Waals surface area contributed by atoms with Gasteiger partial charge in [-0.05, 0) is 49.4 Å². The van der Waals surface area contributed by atoms with Gasteiger partial charge in [0, 0.05) is 10.0 Å². The fourth-order valence-corrected chi connectivity index (χ4v) is 2.71. The number of fused-ring (bicyclic) bond motifs is 1. The summed E-state index contributed by atoms with van der Waals surface area (Å²) in [5, 5.41) is 18.4. The first-order chi connectivity index (χ1) is 13.5. The van der Waals surface area contributed by atoms with Crippen LogP contribution in [-0.4, -0.2) is 25.1 Å². The quantitative estimate of drug-likeness (QED) is 0.546. The van der Waals surface area contributed by atoms with E-state index in [9.17, 15) is 10.0 Å². The van der Waals surface area contributed by atoms with Crippen molar-refractivity contribution in [3.8, 4) is 5.75 Å². The number of nitrogens with zero attached hydrogens (tertiary/aromatic N) is 2. The molecule has 1 aliphatic rings. The van der Waals surface area contributed by atoms with Gasteiger partial charge in [-0.1, -0.05) is 23.2 Å². The van der Waals surface area contributed by atoms with Crippen LogP contribution >= 0.6 is 23.2 Å². The molecule has 28 heavy (non-hydrogen) atoms. The van der Waals surface area contributed by atoms with Crippen molar-refractivity contribution in [1.82, 2.24) is 10.7 Å². The molecule has 9 nitrogen and oxygen atoms in total. The Kier molecular flexibility index (Phi) is 6.42. The summed E-state index contributed by atoms with van der Waals surface area (Å²) in [6, 6.07) is 8.80. The average molecular weight is 424 g/mol. The molecular weight excluding hydrogens is 407 g/mol. The van der Waals surface area contributed by atoms with E-state index in [-0.39, 0.29) is 11.6 Å². The minimum Gasteiger partial charge on any atom is -0.739 e. The fraction of sp³-hybridized carbons (Fsp3) is 0.176. The number of hydrogen-bond donors (Lipinski definition) is 4. The second-order valence-electron chi connectivity index (χ2n) is 5.71. The number of halogens is 2. The number of amides is 2. The lowest BCUT2D eigenvalue weighted by atomic mass is 10.2. The van der Waals surface area contributed by atoms with Gasteiger partial charge in [0.15, 0.2) is 0 Å². The number of hydrogen-bond acceptors (Lipinski definition) is 7. The third-order valence-electron chi connectivity index (χ3n) is 3.62. The Hall–Kier alpha value is -2.72. The molecule has 0 aromatic heterocycles. The van der Waals surface area contributed by atoms with Gasteiger partial charge in [-0.25, -0.2) is 9.79 Å². The summed E-state index contributed by atoms with van der Waals surface area (Å²) in [7, 11) is 0. The zero-order valence-electron chi connectivity index (χ0n) is 14.5. The third kappa shape index (κ3) is 4.96. The van der Waals surface area contributed by atoms with Crippen LogP contribution in [0.5, 0.6) is 5.75 Å². The summed E-state index contributed by atoms with van der Waals surface area (Å²) >= 11 is 11.9. The first-order valence-electron chi connectivity index (χ1n) is 8.29. The normalized spacial score (nSPS) is 12.6. The van der Waals surface area contributed by atoms with Crippen LogP contribution in [0.3, 0.4) is 0 Å². The molecule has 0 spiro atoms. The summed E-state index contributed by atoms with van der Waals surface area (Å²) in [6.07, 6.45) is 0.663. The largest absolute Gasteiger partial charge is 0.739 e. The molecule has 1 heterocycles. The van der Waals surface area contributed by atoms with Gasteiger partial charge in [-0.15, -0.1) is 0 Å². The molecule has 2 amide bonds. The maximum Gasteiger partial charge on any atom is 0.326 e. The van der Waals surface area contributed by atoms with Crippen molar-refractivity contribution >= 4 is 52.3 Å². The van der Waals surface area contributed by atoms with Gasteiger partial charge in [-0.2, -0.15) is 0 Å². The van der Waals surface area contributed by atoms with E-state index in [1.807, 2.05) is 0 Å². The van der Waals surface area contributed by atoms with Crippen molar-refractivity contribution in [2.75, 3.05) is 23.6 Å². The van der Waals surface area contributed by atoms with Crippen LogP contribution in [0.25, 0.3) is 0 Å². The molecule has 11 heteroatoms. The zero-order valence-corrected chi connectivity index (χ0v) is 16.0. The van der Waals surface area contributed by atoms with E-state index in [0.717, 1.165) is 0 Å². The molecule has 0 bridgehead atoms. The second kappa shape index (κ2) is 8.98. The van der Waals surface area contributed by atoms with Crippen molar-refractivity contribution in [3.63, 3.8) is 0 Å². The van der Waals surface area contributed by atoms with E-state index >= 15 is 0 Å². The first kappa shape index (κ1) is 20.0. The third-order valence-corrected chi connectivity index (χ3v) is 4.09. The van der Waals surface area contributed by atoms with Crippen molar-refractivity contribution in [3.05, 3.63) is 51.7 Å². The lowest BCUT2D eigenvalue weighted by molar-refractivity contribution is 0.255. The molecule has 1 aliphatic heterocycles. The molecule has 0 atom stereocenters. The molecule has 148 valence electrons. The van der Waals surface area contributed by atoms with Gasteiger partial charge in [0.25, 0.3) is 0 Å². The number of nitrogens with two attached hydrogens (primary N) is 1. The lowest BCUT2D eigenvalue weighted by Gasteiger charge is -2.36. The smallest absolute Gasteiger partial charge is 0.326 e. The number of benzene rings is 2. The van der Waals surface area contributed by atoms with Crippen LogP contribution in [0.2, 0.25) is 10.0 Å². The standard InChI is InChI=1S/C17H17Cl2N6O3/c18-10-2-4-14-12(8-10)21-16(24-25(14)27)23-17(26)22-13-9-11(19)3-5-15(13)28-7-1-6-20/h2-5,8-9H,1,6-7,20H2,(H3,21,22,23,24,26)/q-1.